The SMILES string of the molecule is Cc1ccc(C)c(CC(O)c2c(C)oc(C)c2C)c1. The fourth-order valence-corrected chi connectivity index (χ4v) is 2.63. The summed E-state index contributed by atoms with van der Waals surface area (Å²) in [6, 6.07) is 6.36. The van der Waals surface area contributed by atoms with Crippen molar-refractivity contribution in [2.24, 2.45) is 0 Å². The van der Waals surface area contributed by atoms with E-state index >= 15 is 0 Å². The Hall–Kier alpha value is -1.54. The van der Waals surface area contributed by atoms with Gasteiger partial charge in [-0.2, -0.15) is 0 Å². The smallest absolute Gasteiger partial charge is 0.107 e. The molecule has 0 bridgehead atoms. The molecule has 0 radical (unpaired) electrons. The zero-order valence-corrected chi connectivity index (χ0v) is 12.4. The van der Waals surface area contributed by atoms with Gasteiger partial charge >= 0.3 is 0 Å². The molecule has 1 unspecified atom stereocenters. The first-order valence-corrected chi connectivity index (χ1v) is 6.70. The summed E-state index contributed by atoms with van der Waals surface area (Å²) in [5.41, 5.74) is 5.66. The lowest BCUT2D eigenvalue weighted by atomic mass is 9.95. The van der Waals surface area contributed by atoms with E-state index in [4.69, 9.17) is 4.42 Å². The third-order valence-corrected chi connectivity index (χ3v) is 3.87. The highest BCUT2D eigenvalue weighted by Gasteiger charge is 2.19. The molecule has 1 N–H and O–H groups in total. The van der Waals surface area contributed by atoms with Gasteiger partial charge in [-0.1, -0.05) is 23.8 Å². The number of hydrogen-bond acceptors (Lipinski definition) is 2. The number of benzene rings is 1. The Kier molecular flexibility index (Phi) is 3.81. The molecule has 2 nitrogen and oxygen atoms in total. The van der Waals surface area contributed by atoms with Crippen LogP contribution in [0.4, 0.5) is 0 Å². The highest BCUT2D eigenvalue weighted by atomic mass is 16.3. The van der Waals surface area contributed by atoms with Crippen LogP contribution in [0.3, 0.4) is 0 Å². The molecular formula is C17H22O2. The molecule has 0 amide bonds. The quantitative estimate of drug-likeness (QED) is 0.899. The minimum atomic E-state index is -0.502. The van der Waals surface area contributed by atoms with E-state index in [0.29, 0.717) is 6.42 Å². The molecule has 0 saturated carbocycles. The van der Waals surface area contributed by atoms with Gasteiger partial charge in [-0.3, -0.25) is 0 Å². The van der Waals surface area contributed by atoms with Crippen molar-refractivity contribution in [3.63, 3.8) is 0 Å². The standard InChI is InChI=1S/C17H22O2/c1-10-6-7-11(2)15(8-10)9-16(18)17-12(3)13(4)19-14(17)5/h6-8,16,18H,9H2,1-5H3. The maximum atomic E-state index is 10.5. The van der Waals surface area contributed by atoms with E-state index in [-0.39, 0.29) is 0 Å². The van der Waals surface area contributed by atoms with Gasteiger partial charge in [0, 0.05) is 12.0 Å². The molecule has 0 aliphatic rings. The van der Waals surface area contributed by atoms with Gasteiger partial charge in [0.1, 0.15) is 11.5 Å². The average Bonchev–Trinajstić information content (AvgIpc) is 2.58. The molecule has 0 aliphatic heterocycles. The molecule has 1 aromatic carbocycles. The molecule has 0 saturated heterocycles. The molecule has 102 valence electrons. The van der Waals surface area contributed by atoms with Crippen LogP contribution in [0.1, 0.15) is 45.4 Å². The minimum Gasteiger partial charge on any atom is -0.466 e. The van der Waals surface area contributed by atoms with E-state index in [1.807, 2.05) is 20.8 Å². The number of aryl methyl sites for hydroxylation is 4. The Bertz CT molecular complexity index is 594. The van der Waals surface area contributed by atoms with Crippen molar-refractivity contribution < 1.29 is 9.52 Å². The van der Waals surface area contributed by atoms with Crippen LogP contribution in [0.25, 0.3) is 0 Å². The second-order valence-electron chi connectivity index (χ2n) is 5.40. The van der Waals surface area contributed by atoms with Crippen LogP contribution in [-0.2, 0) is 6.42 Å². The Labute approximate surface area is 115 Å². The number of aliphatic hydroxyl groups excluding tert-OH is 1. The molecular weight excluding hydrogens is 236 g/mol. The molecule has 0 spiro atoms. The Morgan fingerprint density at radius 1 is 1.05 bits per heavy atom. The van der Waals surface area contributed by atoms with E-state index in [2.05, 4.69) is 32.0 Å². The van der Waals surface area contributed by atoms with Crippen molar-refractivity contribution in [2.45, 2.75) is 47.1 Å². The summed E-state index contributed by atoms with van der Waals surface area (Å²) in [4.78, 5) is 0. The van der Waals surface area contributed by atoms with Crippen molar-refractivity contribution >= 4 is 0 Å². The number of rotatable bonds is 3. The van der Waals surface area contributed by atoms with Crippen LogP contribution < -0.4 is 0 Å². The van der Waals surface area contributed by atoms with E-state index in [1.54, 1.807) is 0 Å². The molecule has 1 aromatic heterocycles. The molecule has 1 atom stereocenters. The summed E-state index contributed by atoms with van der Waals surface area (Å²) in [5.74, 6) is 1.72. The van der Waals surface area contributed by atoms with Gasteiger partial charge in [0.05, 0.1) is 6.10 Å². The zero-order valence-electron chi connectivity index (χ0n) is 12.4. The fraction of sp³-hybridized carbons (Fsp3) is 0.412. The summed E-state index contributed by atoms with van der Waals surface area (Å²) in [6.45, 7) is 10.0. The summed E-state index contributed by atoms with van der Waals surface area (Å²) >= 11 is 0. The normalized spacial score (nSPS) is 12.7. The lowest BCUT2D eigenvalue weighted by Crippen LogP contribution is -2.05. The van der Waals surface area contributed by atoms with Crippen molar-refractivity contribution in [3.05, 3.63) is 57.5 Å². The van der Waals surface area contributed by atoms with Crippen molar-refractivity contribution in [1.29, 1.82) is 0 Å². The van der Waals surface area contributed by atoms with Crippen molar-refractivity contribution in [2.75, 3.05) is 0 Å². The van der Waals surface area contributed by atoms with E-state index in [1.165, 1.54) is 16.7 Å². The van der Waals surface area contributed by atoms with Crippen LogP contribution in [0.2, 0.25) is 0 Å². The Balaban J connectivity index is 2.30. The maximum absolute atomic E-state index is 10.5. The summed E-state index contributed by atoms with van der Waals surface area (Å²) < 4.78 is 5.60. The van der Waals surface area contributed by atoms with Gasteiger partial charge in [0.15, 0.2) is 0 Å². The van der Waals surface area contributed by atoms with Crippen LogP contribution in [0, 0.1) is 34.6 Å². The van der Waals surface area contributed by atoms with Crippen LogP contribution in [0.15, 0.2) is 22.6 Å². The lowest BCUT2D eigenvalue weighted by Gasteiger charge is -2.14. The predicted octanol–water partition coefficient (Wildman–Crippen LogP) is 4.10. The third kappa shape index (κ3) is 2.74. The Morgan fingerprint density at radius 2 is 1.74 bits per heavy atom. The van der Waals surface area contributed by atoms with Crippen molar-refractivity contribution in [1.82, 2.24) is 0 Å². The summed E-state index contributed by atoms with van der Waals surface area (Å²) in [6.07, 6.45) is 0.131. The second kappa shape index (κ2) is 5.22. The highest BCUT2D eigenvalue weighted by Crippen LogP contribution is 2.30. The minimum absolute atomic E-state index is 0.502. The van der Waals surface area contributed by atoms with Crippen LogP contribution in [-0.4, -0.2) is 5.11 Å². The van der Waals surface area contributed by atoms with E-state index in [0.717, 1.165) is 22.6 Å². The molecule has 19 heavy (non-hydrogen) atoms. The number of furan rings is 1. The molecule has 2 rings (SSSR count). The molecule has 0 aliphatic carbocycles. The molecule has 0 fully saturated rings. The topological polar surface area (TPSA) is 33.4 Å². The van der Waals surface area contributed by atoms with Gasteiger partial charge in [-0.25, -0.2) is 0 Å². The first kappa shape index (κ1) is 13.9. The average molecular weight is 258 g/mol. The van der Waals surface area contributed by atoms with Gasteiger partial charge in [-0.05, 0) is 51.3 Å². The van der Waals surface area contributed by atoms with Gasteiger partial charge in [0.25, 0.3) is 0 Å². The van der Waals surface area contributed by atoms with E-state index < -0.39 is 6.10 Å². The predicted molar refractivity (Wildman–Crippen MR) is 77.5 cm³/mol. The zero-order chi connectivity index (χ0) is 14.2. The molecule has 2 aromatic rings. The van der Waals surface area contributed by atoms with Gasteiger partial charge < -0.3 is 9.52 Å². The van der Waals surface area contributed by atoms with Gasteiger partial charge in [0.2, 0.25) is 0 Å². The van der Waals surface area contributed by atoms with Crippen LogP contribution >= 0.6 is 0 Å². The van der Waals surface area contributed by atoms with Gasteiger partial charge in [-0.15, -0.1) is 0 Å². The first-order chi connectivity index (χ1) is 8.90. The first-order valence-electron chi connectivity index (χ1n) is 6.70. The largest absolute Gasteiger partial charge is 0.466 e. The van der Waals surface area contributed by atoms with Crippen LogP contribution in [0.5, 0.6) is 0 Å². The number of aliphatic hydroxyl groups is 1. The van der Waals surface area contributed by atoms with E-state index in [9.17, 15) is 5.11 Å². The summed E-state index contributed by atoms with van der Waals surface area (Å²) in [5, 5.41) is 10.5. The lowest BCUT2D eigenvalue weighted by molar-refractivity contribution is 0.175. The molecule has 1 heterocycles. The van der Waals surface area contributed by atoms with Crippen molar-refractivity contribution in [3.8, 4) is 0 Å². The monoisotopic (exact) mass is 258 g/mol. The maximum Gasteiger partial charge on any atom is 0.107 e. The second-order valence-corrected chi connectivity index (χ2v) is 5.40. The third-order valence-electron chi connectivity index (χ3n) is 3.87. The molecule has 2 heteroatoms. The highest BCUT2D eigenvalue weighted by molar-refractivity contribution is 5.36. The summed E-state index contributed by atoms with van der Waals surface area (Å²) in [7, 11) is 0. The Morgan fingerprint density at radius 3 is 2.32 bits per heavy atom. The fourth-order valence-electron chi connectivity index (χ4n) is 2.63. The number of hydrogen-bond donors (Lipinski definition) is 1.